The van der Waals surface area contributed by atoms with E-state index in [0.717, 1.165) is 44.3 Å². The zero-order valence-electron chi connectivity index (χ0n) is 11.9. The second-order valence-electron chi connectivity index (χ2n) is 5.57. The van der Waals surface area contributed by atoms with E-state index in [0.29, 0.717) is 4.99 Å². The Morgan fingerprint density at radius 3 is 2.55 bits per heavy atom. The van der Waals surface area contributed by atoms with E-state index in [-0.39, 0.29) is 11.9 Å². The first-order valence-electron chi connectivity index (χ1n) is 7.20. The number of furan rings is 1. The second kappa shape index (κ2) is 6.39. The van der Waals surface area contributed by atoms with Crippen LogP contribution in [0.4, 0.5) is 0 Å². The van der Waals surface area contributed by atoms with E-state index in [1.54, 1.807) is 6.26 Å². The van der Waals surface area contributed by atoms with Crippen molar-refractivity contribution in [1.29, 1.82) is 0 Å². The van der Waals surface area contributed by atoms with Crippen molar-refractivity contribution < 1.29 is 9.21 Å². The predicted octanol–water partition coefficient (Wildman–Crippen LogP) is 3.08. The van der Waals surface area contributed by atoms with Gasteiger partial charge in [0.05, 0.1) is 22.7 Å². The van der Waals surface area contributed by atoms with Gasteiger partial charge in [0.15, 0.2) is 0 Å². The molecule has 0 aliphatic heterocycles. The predicted molar refractivity (Wildman–Crippen MR) is 82.2 cm³/mol. The quantitative estimate of drug-likeness (QED) is 0.661. The molecule has 1 saturated carbocycles. The molecule has 1 aromatic heterocycles. The van der Waals surface area contributed by atoms with Crippen LogP contribution in [-0.2, 0) is 4.79 Å². The van der Waals surface area contributed by atoms with Gasteiger partial charge in [0.1, 0.15) is 5.76 Å². The normalized spacial score (nSPS) is 19.9. The van der Waals surface area contributed by atoms with E-state index in [1.807, 2.05) is 19.1 Å². The van der Waals surface area contributed by atoms with Crippen molar-refractivity contribution in [3.05, 3.63) is 24.2 Å². The van der Waals surface area contributed by atoms with Crippen LogP contribution in [0.3, 0.4) is 0 Å². The molecule has 1 atom stereocenters. The molecular weight excluding hydrogens is 272 g/mol. The molecule has 1 aromatic rings. The van der Waals surface area contributed by atoms with Gasteiger partial charge >= 0.3 is 0 Å². The number of hydrogen-bond donors (Lipinski definition) is 2. The summed E-state index contributed by atoms with van der Waals surface area (Å²) in [5.41, 5.74) is 5.23. The van der Waals surface area contributed by atoms with Gasteiger partial charge in [-0.1, -0.05) is 37.9 Å². The van der Waals surface area contributed by atoms with Crippen LogP contribution in [0.5, 0.6) is 0 Å². The van der Waals surface area contributed by atoms with Crippen molar-refractivity contribution >= 4 is 23.1 Å². The maximum atomic E-state index is 12.7. The zero-order valence-corrected chi connectivity index (χ0v) is 12.7. The minimum atomic E-state index is -0.688. The van der Waals surface area contributed by atoms with Crippen molar-refractivity contribution in [2.45, 2.75) is 51.5 Å². The first-order chi connectivity index (χ1) is 9.56. The smallest absolute Gasteiger partial charge is 0.233 e. The summed E-state index contributed by atoms with van der Waals surface area (Å²) in [5.74, 6) is 0.681. The number of carbonyl (C=O) groups excluding carboxylic acids is 1. The number of nitrogens with two attached hydrogens (primary N) is 1. The molecule has 20 heavy (non-hydrogen) atoms. The summed E-state index contributed by atoms with van der Waals surface area (Å²) in [5, 5.41) is 3.00. The lowest BCUT2D eigenvalue weighted by Crippen LogP contribution is -2.49. The highest BCUT2D eigenvalue weighted by Gasteiger charge is 2.42. The molecule has 3 N–H and O–H groups in total. The van der Waals surface area contributed by atoms with E-state index < -0.39 is 5.41 Å². The summed E-state index contributed by atoms with van der Waals surface area (Å²) in [7, 11) is 0. The van der Waals surface area contributed by atoms with Gasteiger partial charge < -0.3 is 15.5 Å². The van der Waals surface area contributed by atoms with Crippen LogP contribution in [0.2, 0.25) is 0 Å². The maximum Gasteiger partial charge on any atom is 0.233 e. The molecule has 0 radical (unpaired) electrons. The molecule has 1 aliphatic carbocycles. The number of carbonyl (C=O) groups is 1. The number of rotatable bonds is 4. The van der Waals surface area contributed by atoms with Gasteiger partial charge in [0, 0.05) is 0 Å². The molecule has 1 fully saturated rings. The lowest BCUT2D eigenvalue weighted by atomic mass is 9.79. The van der Waals surface area contributed by atoms with Crippen LogP contribution in [0.25, 0.3) is 0 Å². The first kappa shape index (κ1) is 15.0. The molecule has 5 heteroatoms. The summed E-state index contributed by atoms with van der Waals surface area (Å²) in [6.07, 6.45) is 7.39. The van der Waals surface area contributed by atoms with Gasteiger partial charge in [0.2, 0.25) is 5.91 Å². The van der Waals surface area contributed by atoms with Crippen molar-refractivity contribution in [3.63, 3.8) is 0 Å². The van der Waals surface area contributed by atoms with Crippen LogP contribution in [0.15, 0.2) is 22.8 Å². The Morgan fingerprint density at radius 2 is 2.05 bits per heavy atom. The Hall–Kier alpha value is -1.36. The fourth-order valence-electron chi connectivity index (χ4n) is 2.86. The van der Waals surface area contributed by atoms with Gasteiger partial charge in [-0.25, -0.2) is 0 Å². The van der Waals surface area contributed by atoms with Crippen LogP contribution in [-0.4, -0.2) is 10.9 Å². The zero-order chi connectivity index (χ0) is 14.6. The maximum absolute atomic E-state index is 12.7. The highest BCUT2D eigenvalue weighted by molar-refractivity contribution is 7.80. The summed E-state index contributed by atoms with van der Waals surface area (Å²) in [6, 6.07) is 3.49. The average Bonchev–Trinajstić information content (AvgIpc) is 2.82. The van der Waals surface area contributed by atoms with E-state index in [1.165, 1.54) is 0 Å². The standard InChI is InChI=1S/C15H22N2O2S/c1-11(12-7-6-10-19-12)17-14(18)15(13(16)20)8-4-2-3-5-9-15/h6-7,10-11H,2-5,8-9H2,1H3,(H2,16,20)(H,17,18). The van der Waals surface area contributed by atoms with E-state index >= 15 is 0 Å². The molecule has 0 aromatic carbocycles. The molecule has 0 saturated heterocycles. The van der Waals surface area contributed by atoms with Crippen LogP contribution < -0.4 is 11.1 Å². The highest BCUT2D eigenvalue weighted by atomic mass is 32.1. The van der Waals surface area contributed by atoms with E-state index in [4.69, 9.17) is 22.4 Å². The van der Waals surface area contributed by atoms with E-state index in [9.17, 15) is 4.79 Å². The molecule has 1 heterocycles. The molecular formula is C15H22N2O2S. The Kier molecular flexibility index (Phi) is 4.81. The minimum absolute atomic E-state index is 0.0594. The topological polar surface area (TPSA) is 68.3 Å². The van der Waals surface area contributed by atoms with Gasteiger partial charge in [-0.15, -0.1) is 0 Å². The third kappa shape index (κ3) is 3.03. The largest absolute Gasteiger partial charge is 0.467 e. The van der Waals surface area contributed by atoms with Crippen molar-refractivity contribution in [2.75, 3.05) is 0 Å². The van der Waals surface area contributed by atoms with Crippen LogP contribution >= 0.6 is 12.2 Å². The van der Waals surface area contributed by atoms with Gasteiger partial charge in [-0.2, -0.15) is 0 Å². The highest BCUT2D eigenvalue weighted by Crippen LogP contribution is 2.36. The van der Waals surface area contributed by atoms with Crippen LogP contribution in [0, 0.1) is 5.41 Å². The molecule has 0 bridgehead atoms. The number of thiocarbonyl (C=S) groups is 1. The fraction of sp³-hybridized carbons (Fsp3) is 0.600. The number of nitrogens with one attached hydrogen (secondary N) is 1. The first-order valence-corrected chi connectivity index (χ1v) is 7.61. The average molecular weight is 294 g/mol. The summed E-state index contributed by atoms with van der Waals surface area (Å²) >= 11 is 5.21. The third-order valence-corrected chi connectivity index (χ3v) is 4.57. The van der Waals surface area contributed by atoms with E-state index in [2.05, 4.69) is 5.32 Å². The Bertz CT molecular complexity index is 462. The SMILES string of the molecule is CC(NC(=O)C1(C(N)=S)CCCCCC1)c1ccco1. The Balaban J connectivity index is 2.12. The van der Waals surface area contributed by atoms with Gasteiger partial charge in [-0.05, 0) is 31.9 Å². The lowest BCUT2D eigenvalue weighted by molar-refractivity contribution is -0.128. The molecule has 1 aliphatic rings. The summed E-state index contributed by atoms with van der Waals surface area (Å²) < 4.78 is 5.32. The lowest BCUT2D eigenvalue weighted by Gasteiger charge is -2.31. The summed E-state index contributed by atoms with van der Waals surface area (Å²) in [4.78, 5) is 13.0. The summed E-state index contributed by atoms with van der Waals surface area (Å²) in [6.45, 7) is 1.90. The second-order valence-corrected chi connectivity index (χ2v) is 6.01. The molecule has 1 amide bonds. The van der Waals surface area contributed by atoms with Gasteiger partial charge in [0.25, 0.3) is 0 Å². The molecule has 1 unspecified atom stereocenters. The molecule has 2 rings (SSSR count). The monoisotopic (exact) mass is 294 g/mol. The van der Waals surface area contributed by atoms with Crippen molar-refractivity contribution in [3.8, 4) is 0 Å². The fourth-order valence-corrected chi connectivity index (χ4v) is 3.16. The van der Waals surface area contributed by atoms with Crippen LogP contribution in [0.1, 0.15) is 57.3 Å². The minimum Gasteiger partial charge on any atom is -0.467 e. The van der Waals surface area contributed by atoms with Gasteiger partial charge in [-0.3, -0.25) is 4.79 Å². The molecule has 4 nitrogen and oxygen atoms in total. The van der Waals surface area contributed by atoms with Crippen molar-refractivity contribution in [2.24, 2.45) is 11.1 Å². The van der Waals surface area contributed by atoms with Crippen molar-refractivity contribution in [1.82, 2.24) is 5.32 Å². The Labute approximate surface area is 125 Å². The number of hydrogen-bond acceptors (Lipinski definition) is 3. The third-order valence-electron chi connectivity index (χ3n) is 4.18. The number of amides is 1. The Morgan fingerprint density at radius 1 is 1.40 bits per heavy atom. The molecule has 110 valence electrons. The molecule has 0 spiro atoms.